The number of hydrogen-bond acceptors (Lipinski definition) is 3. The van der Waals surface area contributed by atoms with Crippen LogP contribution in [0.3, 0.4) is 0 Å². The number of carbonyl (C=O) groups excluding carboxylic acids is 2. The van der Waals surface area contributed by atoms with Gasteiger partial charge in [-0.25, -0.2) is 4.79 Å². The van der Waals surface area contributed by atoms with Gasteiger partial charge < -0.3 is 10.5 Å². The van der Waals surface area contributed by atoms with Crippen molar-refractivity contribution >= 4 is 23.0 Å². The van der Waals surface area contributed by atoms with E-state index >= 15 is 0 Å². The van der Waals surface area contributed by atoms with Gasteiger partial charge in [0, 0.05) is 11.1 Å². The fourth-order valence-electron chi connectivity index (χ4n) is 2.48. The number of rotatable bonds is 3. The third kappa shape index (κ3) is 2.31. The lowest BCUT2D eigenvalue weighted by atomic mass is 9.93. The Bertz CT molecular complexity index is 748. The van der Waals surface area contributed by atoms with Crippen molar-refractivity contribution in [2.45, 2.75) is 0 Å². The summed E-state index contributed by atoms with van der Waals surface area (Å²) in [6, 6.07) is 16.2. The number of amides is 1. The molecule has 0 atom stereocenters. The summed E-state index contributed by atoms with van der Waals surface area (Å²) in [7, 11) is 0. The third-order valence-electron chi connectivity index (χ3n) is 3.43. The molecule has 0 radical (unpaired) electrons. The number of carbonyl (C=O) groups is 2. The summed E-state index contributed by atoms with van der Waals surface area (Å²) in [5.41, 5.74) is 8.41. The van der Waals surface area contributed by atoms with Gasteiger partial charge in [-0.15, -0.1) is 0 Å². The first-order valence-electron chi connectivity index (χ1n) is 6.53. The van der Waals surface area contributed by atoms with Crippen LogP contribution in [0.2, 0.25) is 0 Å². The van der Waals surface area contributed by atoms with Crippen LogP contribution in [0.1, 0.15) is 21.5 Å². The highest BCUT2D eigenvalue weighted by atomic mass is 16.5. The molecular weight excluding hydrogens is 266 g/mol. The van der Waals surface area contributed by atoms with E-state index in [0.717, 1.165) is 5.56 Å². The summed E-state index contributed by atoms with van der Waals surface area (Å²) in [6.07, 6.45) is 0. The maximum Gasteiger partial charge on any atom is 0.339 e. The van der Waals surface area contributed by atoms with E-state index in [2.05, 4.69) is 0 Å². The van der Waals surface area contributed by atoms with Crippen LogP contribution < -0.4 is 5.73 Å². The Hall–Kier alpha value is -2.88. The van der Waals surface area contributed by atoms with Crippen LogP contribution >= 0.6 is 0 Å². The highest BCUT2D eigenvalue weighted by Crippen LogP contribution is 2.34. The summed E-state index contributed by atoms with van der Waals surface area (Å²) in [4.78, 5) is 23.6. The molecule has 4 heteroatoms. The largest absolute Gasteiger partial charge is 0.457 e. The van der Waals surface area contributed by atoms with E-state index in [0.29, 0.717) is 22.3 Å². The molecule has 2 N–H and O–H groups in total. The van der Waals surface area contributed by atoms with Crippen molar-refractivity contribution in [3.05, 3.63) is 71.3 Å². The number of hydrogen-bond donors (Lipinski definition) is 1. The van der Waals surface area contributed by atoms with Crippen LogP contribution in [0.25, 0.3) is 11.1 Å². The smallest absolute Gasteiger partial charge is 0.339 e. The molecule has 4 nitrogen and oxygen atoms in total. The number of primary amides is 1. The van der Waals surface area contributed by atoms with Crippen molar-refractivity contribution in [2.24, 2.45) is 5.73 Å². The van der Waals surface area contributed by atoms with Crippen LogP contribution in [-0.2, 0) is 9.53 Å². The second-order valence-electron chi connectivity index (χ2n) is 4.71. The third-order valence-corrected chi connectivity index (χ3v) is 3.43. The minimum Gasteiger partial charge on any atom is -0.457 e. The van der Waals surface area contributed by atoms with Gasteiger partial charge in [0.25, 0.3) is 0 Å². The van der Waals surface area contributed by atoms with Crippen LogP contribution in [0.5, 0.6) is 0 Å². The average molecular weight is 279 g/mol. The lowest BCUT2D eigenvalue weighted by Gasteiger charge is -2.08. The lowest BCUT2D eigenvalue weighted by Crippen LogP contribution is -2.13. The Morgan fingerprint density at radius 1 is 1.00 bits per heavy atom. The number of esters is 1. The van der Waals surface area contributed by atoms with Gasteiger partial charge in [0.2, 0.25) is 5.91 Å². The van der Waals surface area contributed by atoms with E-state index in [4.69, 9.17) is 10.5 Å². The molecule has 1 aliphatic heterocycles. The van der Waals surface area contributed by atoms with Crippen molar-refractivity contribution < 1.29 is 14.3 Å². The highest BCUT2D eigenvalue weighted by Gasteiger charge is 2.28. The minimum absolute atomic E-state index is 0.146. The molecule has 0 spiro atoms. The minimum atomic E-state index is -0.523. The molecule has 2 aromatic rings. The van der Waals surface area contributed by atoms with Crippen LogP contribution in [0.4, 0.5) is 0 Å². The molecule has 21 heavy (non-hydrogen) atoms. The molecule has 104 valence electrons. The van der Waals surface area contributed by atoms with Crippen molar-refractivity contribution in [3.8, 4) is 0 Å². The first-order chi connectivity index (χ1) is 10.2. The number of ether oxygens (including phenoxy) is 1. The molecule has 1 amide bonds. The van der Waals surface area contributed by atoms with Gasteiger partial charge in [-0.3, -0.25) is 4.79 Å². The summed E-state index contributed by atoms with van der Waals surface area (Å²) in [5.74, 6) is -0.902. The van der Waals surface area contributed by atoms with Crippen molar-refractivity contribution in [1.29, 1.82) is 0 Å². The standard InChI is InChI=1S/C17H13NO3/c18-16(19)13-9-5-4-8-12(13)14-10-21-17(20)15(14)11-6-2-1-3-7-11/h1-9H,10H2,(H2,18,19). The van der Waals surface area contributed by atoms with E-state index in [1.165, 1.54) is 0 Å². The predicted octanol–water partition coefficient (Wildman–Crippen LogP) is 2.25. The van der Waals surface area contributed by atoms with E-state index in [1.54, 1.807) is 24.3 Å². The number of cyclic esters (lactones) is 1. The molecule has 3 rings (SSSR count). The normalized spacial score (nSPS) is 14.2. The molecule has 0 fully saturated rings. The zero-order valence-electron chi connectivity index (χ0n) is 11.2. The maximum atomic E-state index is 12.0. The van der Waals surface area contributed by atoms with E-state index < -0.39 is 5.91 Å². The molecule has 0 aromatic heterocycles. The Morgan fingerprint density at radius 3 is 2.38 bits per heavy atom. The van der Waals surface area contributed by atoms with Crippen LogP contribution in [0, 0.1) is 0 Å². The summed E-state index contributed by atoms with van der Waals surface area (Å²) < 4.78 is 5.16. The Morgan fingerprint density at radius 2 is 1.67 bits per heavy atom. The van der Waals surface area contributed by atoms with Gasteiger partial charge in [0.15, 0.2) is 0 Å². The zero-order valence-corrected chi connectivity index (χ0v) is 11.2. The fourth-order valence-corrected chi connectivity index (χ4v) is 2.48. The molecule has 0 unspecified atom stereocenters. The van der Waals surface area contributed by atoms with Crippen molar-refractivity contribution in [2.75, 3.05) is 6.61 Å². The molecule has 2 aromatic carbocycles. The van der Waals surface area contributed by atoms with Crippen molar-refractivity contribution in [1.82, 2.24) is 0 Å². The van der Waals surface area contributed by atoms with Gasteiger partial charge in [-0.1, -0.05) is 48.5 Å². The molecule has 1 aliphatic rings. The van der Waals surface area contributed by atoms with Crippen molar-refractivity contribution in [3.63, 3.8) is 0 Å². The Kier molecular flexibility index (Phi) is 3.28. The first-order valence-corrected chi connectivity index (χ1v) is 6.53. The summed E-state index contributed by atoms with van der Waals surface area (Å²) in [6.45, 7) is 0.146. The molecule has 1 heterocycles. The second-order valence-corrected chi connectivity index (χ2v) is 4.71. The quantitative estimate of drug-likeness (QED) is 0.876. The van der Waals surface area contributed by atoms with E-state index in [1.807, 2.05) is 30.3 Å². The summed E-state index contributed by atoms with van der Waals surface area (Å²) >= 11 is 0. The van der Waals surface area contributed by atoms with E-state index in [-0.39, 0.29) is 12.6 Å². The molecule has 0 saturated heterocycles. The second kappa shape index (κ2) is 5.25. The van der Waals surface area contributed by atoms with Crippen LogP contribution in [0.15, 0.2) is 54.6 Å². The van der Waals surface area contributed by atoms with Gasteiger partial charge in [-0.2, -0.15) is 0 Å². The fraction of sp³-hybridized carbons (Fsp3) is 0.0588. The topological polar surface area (TPSA) is 69.4 Å². The monoisotopic (exact) mass is 279 g/mol. The van der Waals surface area contributed by atoms with Crippen LogP contribution in [-0.4, -0.2) is 18.5 Å². The van der Waals surface area contributed by atoms with Gasteiger partial charge in [0.1, 0.15) is 6.61 Å². The lowest BCUT2D eigenvalue weighted by molar-refractivity contribution is -0.133. The van der Waals surface area contributed by atoms with Gasteiger partial charge in [0.05, 0.1) is 5.57 Å². The average Bonchev–Trinajstić information content (AvgIpc) is 2.89. The summed E-state index contributed by atoms with van der Waals surface area (Å²) in [5, 5.41) is 0. The Labute approximate surface area is 121 Å². The van der Waals surface area contributed by atoms with Gasteiger partial charge >= 0.3 is 5.97 Å². The number of nitrogens with two attached hydrogens (primary N) is 1. The Balaban J connectivity index is 2.22. The SMILES string of the molecule is NC(=O)c1ccccc1C1=C(c2ccccc2)C(=O)OC1. The first kappa shape index (κ1) is 13.1. The maximum absolute atomic E-state index is 12.0. The van der Waals surface area contributed by atoms with E-state index in [9.17, 15) is 9.59 Å². The zero-order chi connectivity index (χ0) is 14.8. The molecular formula is C17H13NO3. The van der Waals surface area contributed by atoms with Gasteiger partial charge in [-0.05, 0) is 17.2 Å². The highest BCUT2D eigenvalue weighted by molar-refractivity contribution is 6.28. The number of benzene rings is 2. The molecule has 0 aliphatic carbocycles. The predicted molar refractivity (Wildman–Crippen MR) is 79.2 cm³/mol. The molecule has 0 bridgehead atoms. The molecule has 0 saturated carbocycles.